The standard InChI is InChI=1S/C14H17F4NO2/c1-2-7-21-8-3-6-19-13(20)11-9-10(14(16,17)18)4-5-12(11)15/h4-5,9H,2-3,6-8H2,1H3,(H,19,20). The van der Waals surface area contributed by atoms with E-state index < -0.39 is 29.0 Å². The van der Waals surface area contributed by atoms with Gasteiger partial charge in [-0.25, -0.2) is 4.39 Å². The maximum Gasteiger partial charge on any atom is 0.416 e. The van der Waals surface area contributed by atoms with Crippen LogP contribution in [0.1, 0.15) is 35.7 Å². The summed E-state index contributed by atoms with van der Waals surface area (Å²) in [5, 5.41) is 2.37. The van der Waals surface area contributed by atoms with Crippen molar-refractivity contribution in [1.29, 1.82) is 0 Å². The summed E-state index contributed by atoms with van der Waals surface area (Å²) in [4.78, 5) is 11.7. The van der Waals surface area contributed by atoms with Gasteiger partial charge in [-0.3, -0.25) is 4.79 Å². The van der Waals surface area contributed by atoms with E-state index >= 15 is 0 Å². The van der Waals surface area contributed by atoms with Gasteiger partial charge in [0.2, 0.25) is 0 Å². The summed E-state index contributed by atoms with van der Waals surface area (Å²) in [5.41, 5.74) is -1.67. The number of benzene rings is 1. The Morgan fingerprint density at radius 2 is 2.00 bits per heavy atom. The van der Waals surface area contributed by atoms with Crippen LogP contribution in [0, 0.1) is 5.82 Å². The van der Waals surface area contributed by atoms with Crippen LogP contribution < -0.4 is 5.32 Å². The average Bonchev–Trinajstić information content (AvgIpc) is 2.41. The summed E-state index contributed by atoms with van der Waals surface area (Å²) in [6, 6.07) is 1.76. The van der Waals surface area contributed by atoms with Crippen molar-refractivity contribution in [3.63, 3.8) is 0 Å². The van der Waals surface area contributed by atoms with E-state index in [-0.39, 0.29) is 6.54 Å². The van der Waals surface area contributed by atoms with E-state index in [9.17, 15) is 22.4 Å². The predicted molar refractivity (Wildman–Crippen MR) is 69.5 cm³/mol. The van der Waals surface area contributed by atoms with Crippen LogP contribution in [0.15, 0.2) is 18.2 Å². The van der Waals surface area contributed by atoms with E-state index in [1.165, 1.54) is 0 Å². The Morgan fingerprint density at radius 3 is 2.62 bits per heavy atom. The van der Waals surface area contributed by atoms with E-state index in [1.807, 2.05) is 6.92 Å². The van der Waals surface area contributed by atoms with E-state index in [4.69, 9.17) is 4.74 Å². The number of carbonyl (C=O) groups excluding carboxylic acids is 1. The van der Waals surface area contributed by atoms with Crippen LogP contribution >= 0.6 is 0 Å². The van der Waals surface area contributed by atoms with Crippen LogP contribution in [-0.4, -0.2) is 25.7 Å². The summed E-state index contributed by atoms with van der Waals surface area (Å²) < 4.78 is 56.2. The Labute approximate surface area is 120 Å². The Kier molecular flexibility index (Phi) is 6.61. The molecule has 0 spiro atoms. The zero-order chi connectivity index (χ0) is 15.9. The van der Waals surface area contributed by atoms with Crippen molar-refractivity contribution >= 4 is 5.91 Å². The highest BCUT2D eigenvalue weighted by atomic mass is 19.4. The summed E-state index contributed by atoms with van der Waals surface area (Å²) in [6.45, 7) is 3.20. The second-order valence-corrected chi connectivity index (χ2v) is 4.41. The largest absolute Gasteiger partial charge is 0.416 e. The Hall–Kier alpha value is -1.63. The molecule has 1 amide bonds. The molecule has 7 heteroatoms. The fourth-order valence-electron chi connectivity index (χ4n) is 1.59. The summed E-state index contributed by atoms with van der Waals surface area (Å²) in [6.07, 6.45) is -3.23. The first-order chi connectivity index (χ1) is 9.86. The third-order valence-electron chi connectivity index (χ3n) is 2.64. The lowest BCUT2D eigenvalue weighted by atomic mass is 10.1. The zero-order valence-electron chi connectivity index (χ0n) is 11.6. The molecule has 0 saturated heterocycles. The lowest BCUT2D eigenvalue weighted by Crippen LogP contribution is -2.26. The van der Waals surface area contributed by atoms with Gasteiger partial charge in [0.15, 0.2) is 0 Å². The number of hydrogen-bond donors (Lipinski definition) is 1. The van der Waals surface area contributed by atoms with Crippen molar-refractivity contribution in [3.8, 4) is 0 Å². The molecule has 0 aromatic heterocycles. The Morgan fingerprint density at radius 1 is 1.29 bits per heavy atom. The average molecular weight is 307 g/mol. The van der Waals surface area contributed by atoms with E-state index in [1.54, 1.807) is 0 Å². The molecule has 0 heterocycles. The highest BCUT2D eigenvalue weighted by Gasteiger charge is 2.31. The predicted octanol–water partition coefficient (Wildman–Crippen LogP) is 3.39. The summed E-state index contributed by atoms with van der Waals surface area (Å²) in [5.74, 6) is -1.85. The molecule has 0 aliphatic rings. The fraction of sp³-hybridized carbons (Fsp3) is 0.500. The monoisotopic (exact) mass is 307 g/mol. The van der Waals surface area contributed by atoms with Crippen molar-refractivity contribution < 1.29 is 27.1 Å². The minimum atomic E-state index is -4.61. The molecule has 1 rings (SSSR count). The molecule has 0 aliphatic carbocycles. The van der Waals surface area contributed by atoms with Crippen molar-refractivity contribution in [2.45, 2.75) is 25.9 Å². The molecule has 1 aromatic rings. The minimum absolute atomic E-state index is 0.207. The molecule has 0 radical (unpaired) electrons. The smallest absolute Gasteiger partial charge is 0.381 e. The number of ether oxygens (including phenoxy) is 1. The minimum Gasteiger partial charge on any atom is -0.381 e. The van der Waals surface area contributed by atoms with Crippen molar-refractivity contribution in [1.82, 2.24) is 5.32 Å². The van der Waals surface area contributed by atoms with E-state index in [0.717, 1.165) is 6.42 Å². The molecule has 1 aromatic carbocycles. The van der Waals surface area contributed by atoms with Crippen LogP contribution in [0.4, 0.5) is 17.6 Å². The SMILES string of the molecule is CCCOCCCNC(=O)c1cc(C(F)(F)F)ccc1F. The Bertz CT molecular complexity index is 475. The highest BCUT2D eigenvalue weighted by molar-refractivity contribution is 5.94. The number of alkyl halides is 3. The summed E-state index contributed by atoms with van der Waals surface area (Å²) >= 11 is 0. The van der Waals surface area contributed by atoms with Crippen molar-refractivity contribution in [2.75, 3.05) is 19.8 Å². The molecule has 3 nitrogen and oxygen atoms in total. The molecule has 0 aliphatic heterocycles. The number of rotatable bonds is 7. The first-order valence-electron chi connectivity index (χ1n) is 6.59. The van der Waals surface area contributed by atoms with Gasteiger partial charge in [-0.15, -0.1) is 0 Å². The molecule has 0 saturated carbocycles. The fourth-order valence-corrected chi connectivity index (χ4v) is 1.59. The zero-order valence-corrected chi connectivity index (χ0v) is 11.6. The van der Waals surface area contributed by atoms with Gasteiger partial charge in [-0.2, -0.15) is 13.2 Å². The number of amides is 1. The van der Waals surface area contributed by atoms with Gasteiger partial charge < -0.3 is 10.1 Å². The second kappa shape index (κ2) is 7.97. The van der Waals surface area contributed by atoms with E-state index in [0.29, 0.717) is 37.8 Å². The number of hydrogen-bond acceptors (Lipinski definition) is 2. The topological polar surface area (TPSA) is 38.3 Å². The highest BCUT2D eigenvalue weighted by Crippen LogP contribution is 2.30. The maximum absolute atomic E-state index is 13.4. The van der Waals surface area contributed by atoms with Gasteiger partial charge in [-0.1, -0.05) is 6.92 Å². The van der Waals surface area contributed by atoms with Crippen LogP contribution in [0.3, 0.4) is 0 Å². The third kappa shape index (κ3) is 5.71. The Balaban J connectivity index is 2.57. The first-order valence-corrected chi connectivity index (χ1v) is 6.59. The van der Waals surface area contributed by atoms with Crippen molar-refractivity contribution in [2.24, 2.45) is 0 Å². The number of halogens is 4. The van der Waals surface area contributed by atoms with Gasteiger partial charge >= 0.3 is 6.18 Å². The molecule has 1 N–H and O–H groups in total. The van der Waals surface area contributed by atoms with E-state index in [2.05, 4.69) is 5.32 Å². The van der Waals surface area contributed by atoms with Gasteiger partial charge in [-0.05, 0) is 31.0 Å². The van der Waals surface area contributed by atoms with Gasteiger partial charge in [0.05, 0.1) is 11.1 Å². The van der Waals surface area contributed by atoms with Crippen molar-refractivity contribution in [3.05, 3.63) is 35.1 Å². The third-order valence-corrected chi connectivity index (χ3v) is 2.64. The quantitative estimate of drug-likeness (QED) is 0.619. The first kappa shape index (κ1) is 17.4. The number of nitrogens with one attached hydrogen (secondary N) is 1. The molecule has 0 unspecified atom stereocenters. The molecule has 0 bridgehead atoms. The van der Waals surface area contributed by atoms with Gasteiger partial charge in [0.25, 0.3) is 5.91 Å². The van der Waals surface area contributed by atoms with Gasteiger partial charge in [0.1, 0.15) is 5.82 Å². The molecule has 0 atom stereocenters. The molecule has 0 fully saturated rings. The lowest BCUT2D eigenvalue weighted by molar-refractivity contribution is -0.137. The lowest BCUT2D eigenvalue weighted by Gasteiger charge is -2.10. The van der Waals surface area contributed by atoms with Gasteiger partial charge in [0, 0.05) is 19.8 Å². The van der Waals surface area contributed by atoms with Crippen LogP contribution in [-0.2, 0) is 10.9 Å². The normalized spacial score (nSPS) is 11.5. The second-order valence-electron chi connectivity index (χ2n) is 4.41. The number of carbonyl (C=O) groups is 1. The van der Waals surface area contributed by atoms with Crippen LogP contribution in [0.2, 0.25) is 0 Å². The molecule has 21 heavy (non-hydrogen) atoms. The maximum atomic E-state index is 13.4. The molecular weight excluding hydrogens is 290 g/mol. The molecular formula is C14H17F4NO2. The van der Waals surface area contributed by atoms with Crippen LogP contribution in [0.25, 0.3) is 0 Å². The summed E-state index contributed by atoms with van der Waals surface area (Å²) in [7, 11) is 0. The van der Waals surface area contributed by atoms with Crippen LogP contribution in [0.5, 0.6) is 0 Å². The molecule has 118 valence electrons.